The monoisotopic (exact) mass is 584 g/mol. The number of hydrogen-bond donors (Lipinski definition) is 6. The fourth-order valence-corrected chi connectivity index (χ4v) is 5.27. The standard InChI is InChI=1S/C33H44O9/c1-5-23-10-21(6-9-29(23)42-32(19-37)33(39)24-7-8-28(38)27(15-24)18-36)11-25(16-34)26(17-35)12-22-13-30(40-3)20(2)31(14-22)41-4/h6-10,13-15,25-26,32-39H,5,11-12,16-19H2,1-4H3. The van der Waals surface area contributed by atoms with E-state index in [0.29, 0.717) is 42.1 Å². The lowest BCUT2D eigenvalue weighted by Gasteiger charge is -2.26. The number of aryl methyl sites for hydroxylation is 1. The second kappa shape index (κ2) is 15.8. The quantitative estimate of drug-likeness (QED) is 0.149. The zero-order valence-corrected chi connectivity index (χ0v) is 24.8. The second-order valence-electron chi connectivity index (χ2n) is 10.5. The molecule has 0 saturated heterocycles. The van der Waals surface area contributed by atoms with Crippen molar-refractivity contribution in [3.63, 3.8) is 0 Å². The first-order chi connectivity index (χ1) is 20.2. The lowest BCUT2D eigenvalue weighted by molar-refractivity contribution is 0.000225. The Morgan fingerprint density at radius 2 is 1.33 bits per heavy atom. The fourth-order valence-electron chi connectivity index (χ4n) is 5.27. The third-order valence-corrected chi connectivity index (χ3v) is 7.88. The minimum Gasteiger partial charge on any atom is -0.508 e. The largest absolute Gasteiger partial charge is 0.508 e. The molecule has 0 aliphatic rings. The molecule has 4 unspecified atom stereocenters. The molecular weight excluding hydrogens is 540 g/mol. The molecule has 42 heavy (non-hydrogen) atoms. The van der Waals surface area contributed by atoms with Crippen LogP contribution in [0.15, 0.2) is 48.5 Å². The third kappa shape index (κ3) is 7.93. The van der Waals surface area contributed by atoms with Gasteiger partial charge in [0, 0.05) is 24.3 Å². The van der Waals surface area contributed by atoms with Gasteiger partial charge in [0.15, 0.2) is 6.10 Å². The predicted octanol–water partition coefficient (Wildman–Crippen LogP) is 3.25. The molecule has 0 saturated carbocycles. The number of rotatable bonds is 16. The highest BCUT2D eigenvalue weighted by Crippen LogP contribution is 2.33. The molecule has 0 heterocycles. The summed E-state index contributed by atoms with van der Waals surface area (Å²) < 4.78 is 17.1. The van der Waals surface area contributed by atoms with Crippen LogP contribution in [-0.4, -0.2) is 70.8 Å². The first-order valence-electron chi connectivity index (χ1n) is 14.2. The SMILES string of the molecule is CCc1cc(CC(CO)C(CO)Cc2cc(OC)c(C)c(OC)c2)ccc1OC(CO)C(O)c1ccc(O)c(CO)c1. The van der Waals surface area contributed by atoms with Gasteiger partial charge in [0.05, 0.1) is 27.4 Å². The Morgan fingerprint density at radius 1 is 0.714 bits per heavy atom. The van der Waals surface area contributed by atoms with Crippen LogP contribution < -0.4 is 14.2 Å². The Labute approximate surface area is 247 Å². The number of aliphatic hydroxyl groups is 5. The van der Waals surface area contributed by atoms with E-state index in [2.05, 4.69) is 0 Å². The van der Waals surface area contributed by atoms with Gasteiger partial charge in [-0.1, -0.05) is 25.1 Å². The summed E-state index contributed by atoms with van der Waals surface area (Å²) in [6.45, 7) is 2.84. The van der Waals surface area contributed by atoms with Crippen LogP contribution in [0.5, 0.6) is 23.0 Å². The van der Waals surface area contributed by atoms with Gasteiger partial charge in [0.1, 0.15) is 29.1 Å². The predicted molar refractivity (Wildman–Crippen MR) is 159 cm³/mol. The third-order valence-electron chi connectivity index (χ3n) is 7.88. The summed E-state index contributed by atoms with van der Waals surface area (Å²) in [6.07, 6.45) is -0.500. The summed E-state index contributed by atoms with van der Waals surface area (Å²) in [4.78, 5) is 0. The van der Waals surface area contributed by atoms with Crippen molar-refractivity contribution in [1.82, 2.24) is 0 Å². The first-order valence-corrected chi connectivity index (χ1v) is 14.2. The van der Waals surface area contributed by atoms with Gasteiger partial charge in [0.2, 0.25) is 0 Å². The van der Waals surface area contributed by atoms with Gasteiger partial charge >= 0.3 is 0 Å². The summed E-state index contributed by atoms with van der Waals surface area (Å²) >= 11 is 0. The van der Waals surface area contributed by atoms with Gasteiger partial charge in [0.25, 0.3) is 0 Å². The molecule has 0 aliphatic carbocycles. The van der Waals surface area contributed by atoms with E-state index in [9.17, 15) is 30.6 Å². The molecule has 0 radical (unpaired) electrons. The summed E-state index contributed by atoms with van der Waals surface area (Å²) in [5, 5.41) is 60.8. The van der Waals surface area contributed by atoms with Gasteiger partial charge in [-0.15, -0.1) is 0 Å². The number of phenols is 1. The van der Waals surface area contributed by atoms with Crippen LogP contribution in [0.1, 0.15) is 46.4 Å². The van der Waals surface area contributed by atoms with Crippen molar-refractivity contribution >= 4 is 0 Å². The average Bonchev–Trinajstić information content (AvgIpc) is 3.02. The van der Waals surface area contributed by atoms with Gasteiger partial charge in [-0.2, -0.15) is 0 Å². The number of benzene rings is 3. The Morgan fingerprint density at radius 3 is 1.86 bits per heavy atom. The number of aliphatic hydroxyl groups excluding tert-OH is 5. The van der Waals surface area contributed by atoms with E-state index in [1.807, 2.05) is 38.1 Å². The summed E-state index contributed by atoms with van der Waals surface area (Å²) in [7, 11) is 3.21. The van der Waals surface area contributed by atoms with E-state index in [0.717, 1.165) is 22.3 Å². The molecule has 3 aromatic carbocycles. The molecule has 0 bridgehead atoms. The van der Waals surface area contributed by atoms with Crippen LogP contribution in [0.2, 0.25) is 0 Å². The van der Waals surface area contributed by atoms with E-state index >= 15 is 0 Å². The lowest BCUT2D eigenvalue weighted by Crippen LogP contribution is -2.29. The smallest absolute Gasteiger partial charge is 0.152 e. The summed E-state index contributed by atoms with van der Waals surface area (Å²) in [6, 6.07) is 13.9. The normalized spacial score (nSPS) is 14.2. The molecule has 0 amide bonds. The number of methoxy groups -OCH3 is 2. The molecule has 4 atom stereocenters. The second-order valence-corrected chi connectivity index (χ2v) is 10.5. The van der Waals surface area contributed by atoms with Crippen LogP contribution in [0.4, 0.5) is 0 Å². The topological polar surface area (TPSA) is 149 Å². The highest BCUT2D eigenvalue weighted by molar-refractivity contribution is 5.47. The van der Waals surface area contributed by atoms with Crippen molar-refractivity contribution in [3.8, 4) is 23.0 Å². The summed E-state index contributed by atoms with van der Waals surface area (Å²) in [5.41, 5.74) is 4.33. The molecule has 0 fully saturated rings. The maximum Gasteiger partial charge on any atom is 0.152 e. The number of aromatic hydroxyl groups is 1. The lowest BCUT2D eigenvalue weighted by atomic mass is 9.83. The Balaban J connectivity index is 1.78. The van der Waals surface area contributed by atoms with Crippen LogP contribution >= 0.6 is 0 Å². The number of ether oxygens (including phenoxy) is 3. The zero-order valence-electron chi connectivity index (χ0n) is 24.8. The van der Waals surface area contributed by atoms with Crippen LogP contribution in [0.25, 0.3) is 0 Å². The zero-order chi connectivity index (χ0) is 30.8. The van der Waals surface area contributed by atoms with Gasteiger partial charge in [-0.3, -0.25) is 0 Å². The maximum atomic E-state index is 10.9. The van der Waals surface area contributed by atoms with Gasteiger partial charge < -0.3 is 44.8 Å². The van der Waals surface area contributed by atoms with E-state index in [-0.39, 0.29) is 36.4 Å². The van der Waals surface area contributed by atoms with E-state index in [1.54, 1.807) is 20.3 Å². The Hall–Kier alpha value is -3.34. The van der Waals surface area contributed by atoms with Gasteiger partial charge in [-0.25, -0.2) is 0 Å². The van der Waals surface area contributed by atoms with Crippen molar-refractivity contribution < 1.29 is 44.8 Å². The van der Waals surface area contributed by atoms with Crippen LogP contribution in [0.3, 0.4) is 0 Å². The van der Waals surface area contributed by atoms with Gasteiger partial charge in [-0.05, 0) is 90.6 Å². The molecule has 3 rings (SSSR count). The highest BCUT2D eigenvalue weighted by Gasteiger charge is 2.26. The molecular formula is C33H44O9. The average molecular weight is 585 g/mol. The molecule has 9 heteroatoms. The molecule has 0 spiro atoms. The van der Waals surface area contributed by atoms with Crippen molar-refractivity contribution in [3.05, 3.63) is 81.9 Å². The van der Waals surface area contributed by atoms with Crippen LogP contribution in [-0.2, 0) is 25.9 Å². The highest BCUT2D eigenvalue weighted by atomic mass is 16.5. The summed E-state index contributed by atoms with van der Waals surface area (Å²) in [5.74, 6) is 1.41. The van der Waals surface area contributed by atoms with E-state index in [1.165, 1.54) is 18.2 Å². The molecule has 3 aromatic rings. The van der Waals surface area contributed by atoms with Crippen molar-refractivity contribution in [2.24, 2.45) is 11.8 Å². The minimum absolute atomic E-state index is 0.0817. The maximum absolute atomic E-state index is 10.9. The molecule has 9 nitrogen and oxygen atoms in total. The Kier molecular flexibility index (Phi) is 12.4. The molecule has 6 N–H and O–H groups in total. The Bertz CT molecular complexity index is 1270. The van der Waals surface area contributed by atoms with Crippen molar-refractivity contribution in [2.75, 3.05) is 34.0 Å². The van der Waals surface area contributed by atoms with Crippen molar-refractivity contribution in [1.29, 1.82) is 0 Å². The van der Waals surface area contributed by atoms with E-state index < -0.39 is 25.4 Å². The minimum atomic E-state index is -1.20. The van der Waals surface area contributed by atoms with E-state index in [4.69, 9.17) is 14.2 Å². The van der Waals surface area contributed by atoms with Crippen molar-refractivity contribution in [2.45, 2.75) is 51.9 Å². The molecule has 0 aromatic heterocycles. The first kappa shape index (κ1) is 33.2. The molecule has 230 valence electrons. The number of hydrogen-bond acceptors (Lipinski definition) is 9. The fraction of sp³-hybridized carbons (Fsp3) is 0.455. The molecule has 0 aliphatic heterocycles. The van der Waals surface area contributed by atoms with Crippen LogP contribution in [0, 0.1) is 18.8 Å².